The predicted octanol–water partition coefficient (Wildman–Crippen LogP) is 2.87. The summed E-state index contributed by atoms with van der Waals surface area (Å²) in [5.74, 6) is 0.508. The highest BCUT2D eigenvalue weighted by molar-refractivity contribution is 7.99. The van der Waals surface area contributed by atoms with Crippen molar-refractivity contribution in [1.29, 1.82) is 0 Å². The molecule has 0 unspecified atom stereocenters. The van der Waals surface area contributed by atoms with Gasteiger partial charge in [-0.2, -0.15) is 0 Å². The maximum absolute atomic E-state index is 12.0. The van der Waals surface area contributed by atoms with E-state index in [1.54, 1.807) is 36.4 Å². The first-order valence-electron chi connectivity index (χ1n) is 7.95. The van der Waals surface area contributed by atoms with Crippen molar-refractivity contribution in [3.05, 3.63) is 64.2 Å². The number of ether oxygens (including phenoxy) is 1. The molecule has 1 aliphatic rings. The van der Waals surface area contributed by atoms with Crippen LogP contribution in [0, 0.1) is 10.1 Å². The zero-order valence-electron chi connectivity index (χ0n) is 14.1. The maximum atomic E-state index is 12.0. The van der Waals surface area contributed by atoms with Crippen LogP contribution in [0.3, 0.4) is 0 Å². The van der Waals surface area contributed by atoms with E-state index >= 15 is 0 Å². The van der Waals surface area contributed by atoms with E-state index < -0.39 is 4.92 Å². The normalized spacial score (nSPS) is 13.0. The van der Waals surface area contributed by atoms with E-state index in [1.165, 1.54) is 12.1 Å². The summed E-state index contributed by atoms with van der Waals surface area (Å²) in [6, 6.07) is 12.9. The van der Waals surface area contributed by atoms with Crippen LogP contribution in [0.5, 0.6) is 5.75 Å². The minimum Gasteiger partial charge on any atom is -0.440 e. The van der Waals surface area contributed by atoms with Crippen molar-refractivity contribution in [2.24, 2.45) is 5.10 Å². The van der Waals surface area contributed by atoms with Gasteiger partial charge in [-0.05, 0) is 18.2 Å². The molecule has 140 valence electrons. The summed E-state index contributed by atoms with van der Waals surface area (Å²) in [5.41, 5.74) is 2.89. The van der Waals surface area contributed by atoms with Crippen LogP contribution in [-0.2, 0) is 0 Å². The number of thioether (sulfide) groups is 1. The van der Waals surface area contributed by atoms with Crippen LogP contribution in [0.4, 0.5) is 5.69 Å². The number of amides is 1. The Labute approximate surface area is 161 Å². The third-order valence-corrected chi connectivity index (χ3v) is 4.50. The van der Waals surface area contributed by atoms with Gasteiger partial charge < -0.3 is 9.15 Å². The van der Waals surface area contributed by atoms with Gasteiger partial charge in [0.1, 0.15) is 11.3 Å². The van der Waals surface area contributed by atoms with E-state index in [2.05, 4.69) is 20.7 Å². The lowest BCUT2D eigenvalue weighted by Crippen LogP contribution is -2.18. The van der Waals surface area contributed by atoms with Crippen LogP contribution >= 0.6 is 11.8 Å². The van der Waals surface area contributed by atoms with Crippen molar-refractivity contribution in [1.82, 2.24) is 15.6 Å². The largest absolute Gasteiger partial charge is 0.440 e. The summed E-state index contributed by atoms with van der Waals surface area (Å²) in [6.45, 7) is 0. The monoisotopic (exact) mass is 397 g/mol. The molecule has 2 heterocycles. The SMILES string of the molecule is O=C1NN=C(CSc2nnc(-c3ccccc3[N+](=O)[O-])o2)Oc2ccccc21. The Morgan fingerprint density at radius 1 is 1.07 bits per heavy atom. The molecule has 10 nitrogen and oxygen atoms in total. The number of nitro benzene ring substituents is 1. The van der Waals surface area contributed by atoms with Crippen LogP contribution in [0.1, 0.15) is 10.4 Å². The smallest absolute Gasteiger partial charge is 0.282 e. The second-order valence-electron chi connectivity index (χ2n) is 5.48. The number of benzene rings is 2. The number of hydrogen-bond donors (Lipinski definition) is 1. The van der Waals surface area contributed by atoms with Gasteiger partial charge >= 0.3 is 0 Å². The lowest BCUT2D eigenvalue weighted by molar-refractivity contribution is -0.384. The van der Waals surface area contributed by atoms with E-state index in [4.69, 9.17) is 9.15 Å². The molecule has 2 aromatic carbocycles. The number of carbonyl (C=O) groups excluding carboxylic acids is 1. The Balaban J connectivity index is 1.49. The van der Waals surface area contributed by atoms with Crippen molar-refractivity contribution in [3.63, 3.8) is 0 Å². The molecule has 0 bridgehead atoms. The molecule has 4 rings (SSSR count). The Morgan fingerprint density at radius 3 is 2.64 bits per heavy atom. The Morgan fingerprint density at radius 2 is 1.82 bits per heavy atom. The number of nitrogens with zero attached hydrogens (tertiary/aromatic N) is 4. The van der Waals surface area contributed by atoms with Gasteiger partial charge in [-0.15, -0.1) is 15.3 Å². The molecule has 0 saturated heterocycles. The molecule has 28 heavy (non-hydrogen) atoms. The maximum Gasteiger partial charge on any atom is 0.282 e. The van der Waals surface area contributed by atoms with Crippen LogP contribution in [-0.4, -0.2) is 32.7 Å². The highest BCUT2D eigenvalue weighted by Gasteiger charge is 2.21. The molecule has 1 N–H and O–H groups in total. The van der Waals surface area contributed by atoms with Crippen molar-refractivity contribution in [2.45, 2.75) is 5.22 Å². The first-order valence-corrected chi connectivity index (χ1v) is 8.94. The summed E-state index contributed by atoms with van der Waals surface area (Å²) < 4.78 is 11.2. The number of hydrogen-bond acceptors (Lipinski definition) is 9. The van der Waals surface area contributed by atoms with Crippen molar-refractivity contribution in [2.75, 3.05) is 5.75 Å². The molecule has 11 heteroatoms. The molecule has 0 atom stereocenters. The Kier molecular flexibility index (Phi) is 4.72. The lowest BCUT2D eigenvalue weighted by Gasteiger charge is -2.06. The molecule has 0 saturated carbocycles. The number of rotatable bonds is 5. The molecular weight excluding hydrogens is 386 g/mol. The molecule has 1 aliphatic heterocycles. The standard InChI is InChI=1S/C17H11N5O5S/c23-15-11-6-2-4-8-13(11)26-14(18-19-15)9-28-17-21-20-16(27-17)10-5-1-3-7-12(10)22(24)25/h1-8H,9H2,(H,19,23). The fourth-order valence-electron chi connectivity index (χ4n) is 2.44. The highest BCUT2D eigenvalue weighted by Crippen LogP contribution is 2.30. The quantitative estimate of drug-likeness (QED) is 0.395. The predicted molar refractivity (Wildman–Crippen MR) is 99.1 cm³/mol. The second-order valence-corrected chi connectivity index (χ2v) is 6.41. The van der Waals surface area contributed by atoms with Crippen molar-refractivity contribution >= 4 is 29.3 Å². The average molecular weight is 397 g/mol. The van der Waals surface area contributed by atoms with Crippen LogP contribution < -0.4 is 10.2 Å². The molecule has 3 aromatic rings. The van der Waals surface area contributed by atoms with Gasteiger partial charge in [-0.1, -0.05) is 36.0 Å². The minimum absolute atomic E-state index is 0.0390. The number of aromatic nitrogens is 2. The van der Waals surface area contributed by atoms with Gasteiger partial charge in [-0.3, -0.25) is 14.9 Å². The summed E-state index contributed by atoms with van der Waals surface area (Å²) in [4.78, 5) is 22.6. The highest BCUT2D eigenvalue weighted by atomic mass is 32.2. The number of carbonyl (C=O) groups is 1. The molecular formula is C17H11N5O5S. The second kappa shape index (κ2) is 7.48. The Bertz CT molecular complexity index is 1100. The number of para-hydroxylation sites is 2. The van der Waals surface area contributed by atoms with Gasteiger partial charge in [0.2, 0.25) is 5.90 Å². The van der Waals surface area contributed by atoms with Gasteiger partial charge in [0.25, 0.3) is 22.7 Å². The summed E-state index contributed by atoms with van der Waals surface area (Å²) in [5, 5.41) is 23.0. The average Bonchev–Trinajstić information content (AvgIpc) is 3.12. The van der Waals surface area contributed by atoms with E-state index in [0.717, 1.165) is 11.8 Å². The molecule has 1 aromatic heterocycles. The first-order chi connectivity index (χ1) is 13.6. The first kappa shape index (κ1) is 17.7. The number of hydrazone groups is 1. The molecule has 0 spiro atoms. The molecule has 0 aliphatic carbocycles. The van der Waals surface area contributed by atoms with E-state index in [9.17, 15) is 14.9 Å². The van der Waals surface area contributed by atoms with Crippen molar-refractivity contribution in [3.8, 4) is 17.2 Å². The fourth-order valence-corrected chi connectivity index (χ4v) is 3.05. The number of nitrogens with one attached hydrogen (secondary N) is 1. The number of fused-ring (bicyclic) bond motifs is 1. The van der Waals surface area contributed by atoms with Crippen LogP contribution in [0.2, 0.25) is 0 Å². The zero-order valence-corrected chi connectivity index (χ0v) is 14.9. The zero-order chi connectivity index (χ0) is 19.5. The lowest BCUT2D eigenvalue weighted by atomic mass is 10.2. The van der Waals surface area contributed by atoms with Gasteiger partial charge in [0.05, 0.1) is 16.2 Å². The third-order valence-electron chi connectivity index (χ3n) is 3.70. The van der Waals surface area contributed by atoms with Crippen LogP contribution in [0.25, 0.3) is 11.5 Å². The van der Waals surface area contributed by atoms with Gasteiger partial charge in [0, 0.05) is 6.07 Å². The summed E-state index contributed by atoms with van der Waals surface area (Å²) >= 11 is 1.12. The van der Waals surface area contributed by atoms with Gasteiger partial charge in [0.15, 0.2) is 0 Å². The van der Waals surface area contributed by atoms with Crippen LogP contribution in [0.15, 0.2) is 63.3 Å². The Hall–Kier alpha value is -3.73. The third kappa shape index (κ3) is 3.55. The van der Waals surface area contributed by atoms with Gasteiger partial charge in [-0.25, -0.2) is 5.43 Å². The summed E-state index contributed by atoms with van der Waals surface area (Å²) in [7, 11) is 0. The summed E-state index contributed by atoms with van der Waals surface area (Å²) in [6.07, 6.45) is 0. The molecule has 1 amide bonds. The topological polar surface area (TPSA) is 133 Å². The van der Waals surface area contributed by atoms with E-state index in [1.807, 2.05) is 0 Å². The minimum atomic E-state index is -0.513. The van der Waals surface area contributed by atoms with E-state index in [0.29, 0.717) is 11.3 Å². The fraction of sp³-hybridized carbons (Fsp3) is 0.0588. The molecule has 0 radical (unpaired) electrons. The number of nitro groups is 1. The molecule has 0 fully saturated rings. The van der Waals surface area contributed by atoms with E-state index in [-0.39, 0.29) is 39.9 Å². The van der Waals surface area contributed by atoms with Crippen molar-refractivity contribution < 1.29 is 18.9 Å².